The summed E-state index contributed by atoms with van der Waals surface area (Å²) in [4.78, 5) is 43.3. The zero-order chi connectivity index (χ0) is 18.7. The number of amides is 1. The lowest BCUT2D eigenvalue weighted by atomic mass is 10.3. The quantitative estimate of drug-likeness (QED) is 0.587. The molecule has 0 unspecified atom stereocenters. The van der Waals surface area contributed by atoms with Gasteiger partial charge in [0.15, 0.2) is 0 Å². The first-order valence-electron chi connectivity index (χ1n) is 7.77. The molecule has 3 rings (SSSR count). The number of fused-ring (bicyclic) bond motifs is 1. The van der Waals surface area contributed by atoms with E-state index in [1.807, 2.05) is 0 Å². The third-order valence-corrected chi connectivity index (χ3v) is 3.34. The Labute approximate surface area is 147 Å². The molecular weight excluding hydrogens is 340 g/mol. The fourth-order valence-electron chi connectivity index (χ4n) is 2.24. The minimum absolute atomic E-state index is 0.111. The number of nitrogens with one attached hydrogen (secondary N) is 3. The Bertz CT molecular complexity index is 1020. The zero-order valence-corrected chi connectivity index (χ0v) is 14.1. The lowest BCUT2D eigenvalue weighted by Gasteiger charge is -2.05. The van der Waals surface area contributed by atoms with Crippen molar-refractivity contribution in [2.45, 2.75) is 13.8 Å². The largest absolute Gasteiger partial charge is 0.462 e. The first-order chi connectivity index (χ1) is 12.5. The van der Waals surface area contributed by atoms with Gasteiger partial charge in [-0.25, -0.2) is 9.78 Å². The molecule has 3 aromatic rings. The topological polar surface area (TPSA) is 130 Å². The molecule has 3 N–H and O–H groups in total. The van der Waals surface area contributed by atoms with Gasteiger partial charge in [-0.2, -0.15) is 9.50 Å². The Morgan fingerprint density at radius 3 is 2.58 bits per heavy atom. The van der Waals surface area contributed by atoms with Crippen molar-refractivity contribution >= 4 is 35.0 Å². The Hall–Kier alpha value is -3.69. The number of anilines is 3. The molecule has 0 bridgehead atoms. The van der Waals surface area contributed by atoms with E-state index in [0.717, 1.165) is 10.7 Å². The Morgan fingerprint density at radius 1 is 1.23 bits per heavy atom. The summed E-state index contributed by atoms with van der Waals surface area (Å²) < 4.78 is 5.88. The normalized spacial score (nSPS) is 10.5. The summed E-state index contributed by atoms with van der Waals surface area (Å²) in [5, 5.41) is 8.38. The van der Waals surface area contributed by atoms with E-state index in [0.29, 0.717) is 11.4 Å². The molecule has 2 aromatic heterocycles. The molecule has 0 aliphatic rings. The molecule has 10 nitrogen and oxygen atoms in total. The number of ether oxygens (including phenoxy) is 1. The first kappa shape index (κ1) is 17.1. The molecule has 10 heteroatoms. The van der Waals surface area contributed by atoms with Gasteiger partial charge < -0.3 is 15.4 Å². The highest BCUT2D eigenvalue weighted by Crippen LogP contribution is 2.16. The summed E-state index contributed by atoms with van der Waals surface area (Å²) in [7, 11) is 0. The van der Waals surface area contributed by atoms with Crippen molar-refractivity contribution < 1.29 is 14.3 Å². The molecule has 1 aromatic carbocycles. The minimum atomic E-state index is -0.739. The predicted molar refractivity (Wildman–Crippen MR) is 93.6 cm³/mol. The van der Waals surface area contributed by atoms with Gasteiger partial charge in [-0.05, 0) is 31.2 Å². The van der Waals surface area contributed by atoms with Crippen LogP contribution in [0.15, 0.2) is 35.3 Å². The number of H-pyrrole nitrogens is 1. The molecule has 134 valence electrons. The first-order valence-corrected chi connectivity index (χ1v) is 7.77. The third-order valence-electron chi connectivity index (χ3n) is 3.34. The second kappa shape index (κ2) is 7.05. The lowest BCUT2D eigenvalue weighted by molar-refractivity contribution is -0.114. The maximum absolute atomic E-state index is 12.3. The van der Waals surface area contributed by atoms with Crippen LogP contribution in [-0.2, 0) is 9.53 Å². The van der Waals surface area contributed by atoms with Crippen LogP contribution in [0.3, 0.4) is 0 Å². The average Bonchev–Trinajstić information content (AvgIpc) is 3.00. The van der Waals surface area contributed by atoms with Crippen molar-refractivity contribution in [1.82, 2.24) is 19.6 Å². The summed E-state index contributed by atoms with van der Waals surface area (Å²) in [5.74, 6) is -0.522. The van der Waals surface area contributed by atoms with E-state index in [2.05, 4.69) is 25.7 Å². The maximum atomic E-state index is 12.3. The number of carbonyl (C=O) groups excluding carboxylic acids is 2. The Kier molecular flexibility index (Phi) is 4.65. The van der Waals surface area contributed by atoms with Crippen LogP contribution in [-0.4, -0.2) is 38.1 Å². The van der Waals surface area contributed by atoms with Gasteiger partial charge in [0.25, 0.3) is 11.3 Å². The van der Waals surface area contributed by atoms with Crippen molar-refractivity contribution in [2.24, 2.45) is 0 Å². The van der Waals surface area contributed by atoms with E-state index in [-0.39, 0.29) is 29.8 Å². The highest BCUT2D eigenvalue weighted by Gasteiger charge is 2.16. The number of benzene rings is 1. The summed E-state index contributed by atoms with van der Waals surface area (Å²) in [5.41, 5.74) is 0.552. The molecule has 0 saturated carbocycles. The molecule has 1 amide bonds. The SMILES string of the molecule is CCOC(=O)c1cnc2nc(Nc3ccc(NC(C)=O)cc3)[nH]n2c1=O. The van der Waals surface area contributed by atoms with Gasteiger partial charge in [-0.1, -0.05) is 0 Å². The van der Waals surface area contributed by atoms with Gasteiger partial charge >= 0.3 is 5.97 Å². The molecule has 0 fully saturated rings. The van der Waals surface area contributed by atoms with Crippen molar-refractivity contribution in [3.05, 3.63) is 46.4 Å². The third kappa shape index (κ3) is 3.53. The Balaban J connectivity index is 1.85. The number of hydrogen-bond donors (Lipinski definition) is 3. The molecule has 0 saturated heterocycles. The molecule has 26 heavy (non-hydrogen) atoms. The van der Waals surface area contributed by atoms with Crippen molar-refractivity contribution in [3.63, 3.8) is 0 Å². The van der Waals surface area contributed by atoms with Crippen molar-refractivity contribution in [2.75, 3.05) is 17.2 Å². The second-order valence-corrected chi connectivity index (χ2v) is 5.29. The van der Waals surface area contributed by atoms with Gasteiger partial charge in [-0.15, -0.1) is 0 Å². The summed E-state index contributed by atoms with van der Waals surface area (Å²) in [6.45, 7) is 3.23. The summed E-state index contributed by atoms with van der Waals surface area (Å²) in [6.07, 6.45) is 1.14. The van der Waals surface area contributed by atoms with Gasteiger partial charge in [0.05, 0.1) is 12.8 Å². The molecule has 0 aliphatic carbocycles. The van der Waals surface area contributed by atoms with E-state index < -0.39 is 11.5 Å². The van der Waals surface area contributed by atoms with E-state index >= 15 is 0 Å². The molecular formula is C16H16N6O4. The van der Waals surface area contributed by atoms with Crippen LogP contribution in [0.2, 0.25) is 0 Å². The number of aromatic amines is 1. The smallest absolute Gasteiger partial charge is 0.345 e. The monoisotopic (exact) mass is 356 g/mol. The van der Waals surface area contributed by atoms with Crippen LogP contribution < -0.4 is 16.2 Å². The van der Waals surface area contributed by atoms with Crippen LogP contribution in [0.1, 0.15) is 24.2 Å². The van der Waals surface area contributed by atoms with Gasteiger partial charge in [0.1, 0.15) is 5.56 Å². The zero-order valence-electron chi connectivity index (χ0n) is 14.1. The number of nitrogens with zero attached hydrogens (tertiary/aromatic N) is 3. The van der Waals surface area contributed by atoms with Gasteiger partial charge in [0, 0.05) is 18.3 Å². The highest BCUT2D eigenvalue weighted by molar-refractivity contribution is 5.89. The van der Waals surface area contributed by atoms with Crippen LogP contribution in [0, 0.1) is 0 Å². The summed E-state index contributed by atoms with van der Waals surface area (Å²) >= 11 is 0. The fourth-order valence-corrected chi connectivity index (χ4v) is 2.24. The van der Waals surface area contributed by atoms with Crippen LogP contribution >= 0.6 is 0 Å². The molecule has 0 radical (unpaired) electrons. The van der Waals surface area contributed by atoms with E-state index in [1.165, 1.54) is 6.92 Å². The van der Waals surface area contributed by atoms with E-state index in [1.54, 1.807) is 31.2 Å². The van der Waals surface area contributed by atoms with Crippen LogP contribution in [0.25, 0.3) is 5.78 Å². The Morgan fingerprint density at radius 2 is 1.92 bits per heavy atom. The molecule has 2 heterocycles. The molecule has 0 atom stereocenters. The number of aromatic nitrogens is 4. The van der Waals surface area contributed by atoms with Crippen LogP contribution in [0.4, 0.5) is 17.3 Å². The maximum Gasteiger partial charge on any atom is 0.345 e. The highest BCUT2D eigenvalue weighted by atomic mass is 16.5. The molecule has 0 aliphatic heterocycles. The van der Waals surface area contributed by atoms with E-state index in [4.69, 9.17) is 4.74 Å². The summed E-state index contributed by atoms with van der Waals surface area (Å²) in [6, 6.07) is 6.91. The van der Waals surface area contributed by atoms with Gasteiger partial charge in [0.2, 0.25) is 11.9 Å². The predicted octanol–water partition coefficient (Wildman–Crippen LogP) is 1.30. The van der Waals surface area contributed by atoms with Crippen LogP contribution in [0.5, 0.6) is 0 Å². The lowest BCUT2D eigenvalue weighted by Crippen LogP contribution is -2.24. The average molecular weight is 356 g/mol. The number of rotatable bonds is 5. The standard InChI is InChI=1S/C16H16N6O4/c1-3-26-14(25)12-8-17-16-20-15(21-22(16)13(12)24)19-11-6-4-10(5-7-11)18-9(2)23/h4-8H,3H2,1-2H3,(H,18,23)(H2,17,19,20,21). The number of esters is 1. The second-order valence-electron chi connectivity index (χ2n) is 5.29. The minimum Gasteiger partial charge on any atom is -0.462 e. The number of hydrogen-bond acceptors (Lipinski definition) is 7. The fraction of sp³-hybridized carbons (Fsp3) is 0.188. The molecule has 0 spiro atoms. The van der Waals surface area contributed by atoms with Gasteiger partial charge in [-0.3, -0.25) is 14.7 Å². The van der Waals surface area contributed by atoms with E-state index in [9.17, 15) is 14.4 Å². The van der Waals surface area contributed by atoms with Crippen molar-refractivity contribution in [1.29, 1.82) is 0 Å². The van der Waals surface area contributed by atoms with Crippen molar-refractivity contribution in [3.8, 4) is 0 Å². The number of carbonyl (C=O) groups is 2.